The fourth-order valence-electron chi connectivity index (χ4n) is 1.80. The fourth-order valence-corrected chi connectivity index (χ4v) is 1.80. The molecule has 10 heavy (non-hydrogen) atoms. The van der Waals surface area contributed by atoms with E-state index >= 15 is 0 Å². The van der Waals surface area contributed by atoms with E-state index in [9.17, 15) is 0 Å². The maximum Gasteiger partial charge on any atom is 0.0184 e. The van der Waals surface area contributed by atoms with E-state index in [4.69, 9.17) is 0 Å². The summed E-state index contributed by atoms with van der Waals surface area (Å²) >= 11 is 0. The lowest BCUT2D eigenvalue weighted by Gasteiger charge is -2.29. The summed E-state index contributed by atoms with van der Waals surface area (Å²) in [4.78, 5) is 0. The molecule has 0 bridgehead atoms. The van der Waals surface area contributed by atoms with E-state index in [0.29, 0.717) is 0 Å². The minimum atomic E-state index is 0.891. The lowest BCUT2D eigenvalue weighted by atomic mass is 9.88. The Bertz CT molecular complexity index is 151. The van der Waals surface area contributed by atoms with Gasteiger partial charge in [0.2, 0.25) is 0 Å². The fraction of sp³-hybridized carbons (Fsp3) is 0.750. The van der Waals surface area contributed by atoms with Crippen LogP contribution in [0.4, 0.5) is 0 Å². The summed E-state index contributed by atoms with van der Waals surface area (Å²) in [7, 11) is 0. The Labute approximate surface area is 61.7 Å². The molecule has 2 heterocycles. The highest BCUT2D eigenvalue weighted by molar-refractivity contribution is 5.13. The molecular formula is C8H14N2. The van der Waals surface area contributed by atoms with Crippen molar-refractivity contribution < 1.29 is 0 Å². The molecule has 0 aromatic rings. The summed E-state index contributed by atoms with van der Waals surface area (Å²) in [5, 5.41) is 6.66. The van der Waals surface area contributed by atoms with Crippen LogP contribution in [0.3, 0.4) is 0 Å². The molecule has 2 rings (SSSR count). The number of rotatable bonds is 0. The molecule has 2 heteroatoms. The molecule has 56 valence electrons. The third-order valence-electron chi connectivity index (χ3n) is 2.45. The molecule has 2 aliphatic heterocycles. The van der Waals surface area contributed by atoms with Gasteiger partial charge in [0.1, 0.15) is 0 Å². The van der Waals surface area contributed by atoms with Gasteiger partial charge in [0.05, 0.1) is 0 Å². The Balaban J connectivity index is 2.08. The quantitative estimate of drug-likeness (QED) is 0.508. The van der Waals surface area contributed by atoms with E-state index < -0.39 is 0 Å². The minimum absolute atomic E-state index is 0.891. The van der Waals surface area contributed by atoms with Gasteiger partial charge >= 0.3 is 0 Å². The van der Waals surface area contributed by atoms with Gasteiger partial charge in [-0.15, -0.1) is 0 Å². The summed E-state index contributed by atoms with van der Waals surface area (Å²) in [5.41, 5.74) is 1.58. The molecule has 1 unspecified atom stereocenters. The first-order valence-electron chi connectivity index (χ1n) is 4.10. The SMILES string of the molecule is C1=C2CNCCC2CCN1. The highest BCUT2D eigenvalue weighted by Gasteiger charge is 2.19. The molecule has 0 spiro atoms. The van der Waals surface area contributed by atoms with Crippen LogP contribution >= 0.6 is 0 Å². The van der Waals surface area contributed by atoms with Crippen LogP contribution in [0.25, 0.3) is 0 Å². The summed E-state index contributed by atoms with van der Waals surface area (Å²) in [6.45, 7) is 3.49. The van der Waals surface area contributed by atoms with Crippen molar-refractivity contribution in [3.8, 4) is 0 Å². The molecule has 1 atom stereocenters. The predicted octanol–water partition coefficient (Wildman–Crippen LogP) is 0.473. The molecule has 0 aromatic heterocycles. The summed E-state index contributed by atoms with van der Waals surface area (Å²) < 4.78 is 0. The lowest BCUT2D eigenvalue weighted by Crippen LogP contribution is -2.35. The van der Waals surface area contributed by atoms with Crippen LogP contribution in [0.1, 0.15) is 12.8 Å². The van der Waals surface area contributed by atoms with Gasteiger partial charge in [-0.2, -0.15) is 0 Å². The number of piperidine rings is 1. The maximum absolute atomic E-state index is 3.38. The number of hydrogen-bond acceptors (Lipinski definition) is 2. The van der Waals surface area contributed by atoms with E-state index in [2.05, 4.69) is 16.8 Å². The van der Waals surface area contributed by atoms with E-state index in [1.165, 1.54) is 25.9 Å². The Morgan fingerprint density at radius 2 is 2.20 bits per heavy atom. The van der Waals surface area contributed by atoms with Crippen molar-refractivity contribution in [1.29, 1.82) is 0 Å². The molecule has 1 saturated heterocycles. The highest BCUT2D eigenvalue weighted by Crippen LogP contribution is 2.22. The van der Waals surface area contributed by atoms with Crippen molar-refractivity contribution in [2.24, 2.45) is 5.92 Å². The van der Waals surface area contributed by atoms with Gasteiger partial charge < -0.3 is 10.6 Å². The summed E-state index contributed by atoms with van der Waals surface area (Å²) in [6, 6.07) is 0. The van der Waals surface area contributed by atoms with Crippen molar-refractivity contribution in [2.45, 2.75) is 12.8 Å². The predicted molar refractivity (Wildman–Crippen MR) is 41.7 cm³/mol. The van der Waals surface area contributed by atoms with E-state index in [1.54, 1.807) is 5.57 Å². The average Bonchev–Trinajstić information content (AvgIpc) is 2.05. The number of hydrogen-bond donors (Lipinski definition) is 2. The summed E-state index contributed by atoms with van der Waals surface area (Å²) in [6.07, 6.45) is 4.88. The number of fused-ring (bicyclic) bond motifs is 1. The van der Waals surface area contributed by atoms with Crippen LogP contribution in [0.15, 0.2) is 11.8 Å². The van der Waals surface area contributed by atoms with Gasteiger partial charge in [0, 0.05) is 13.1 Å². The van der Waals surface area contributed by atoms with Gasteiger partial charge in [-0.05, 0) is 37.1 Å². The van der Waals surface area contributed by atoms with E-state index in [-0.39, 0.29) is 0 Å². The van der Waals surface area contributed by atoms with Crippen molar-refractivity contribution in [1.82, 2.24) is 10.6 Å². The molecule has 0 saturated carbocycles. The molecule has 0 aliphatic carbocycles. The molecule has 0 radical (unpaired) electrons. The molecule has 2 aliphatic rings. The van der Waals surface area contributed by atoms with Crippen LogP contribution in [0.2, 0.25) is 0 Å². The first-order chi connectivity index (χ1) is 4.97. The monoisotopic (exact) mass is 138 g/mol. The van der Waals surface area contributed by atoms with Crippen LogP contribution in [0, 0.1) is 5.92 Å². The molecule has 1 fully saturated rings. The molecule has 2 N–H and O–H groups in total. The zero-order chi connectivity index (χ0) is 6.81. The lowest BCUT2D eigenvalue weighted by molar-refractivity contribution is 0.417. The number of nitrogens with one attached hydrogen (secondary N) is 2. The second-order valence-electron chi connectivity index (χ2n) is 3.12. The Morgan fingerprint density at radius 3 is 3.10 bits per heavy atom. The Morgan fingerprint density at radius 1 is 1.30 bits per heavy atom. The second-order valence-corrected chi connectivity index (χ2v) is 3.12. The van der Waals surface area contributed by atoms with Crippen molar-refractivity contribution in [3.63, 3.8) is 0 Å². The molecule has 0 amide bonds. The van der Waals surface area contributed by atoms with Crippen LogP contribution < -0.4 is 10.6 Å². The standard InChI is InChI=1S/C8H14N2/c1-3-9-5-8-6-10-4-2-7(1)8/h5,7,9-10H,1-4,6H2. The molecule has 2 nitrogen and oxygen atoms in total. The van der Waals surface area contributed by atoms with Crippen LogP contribution in [0.5, 0.6) is 0 Å². The first kappa shape index (κ1) is 6.23. The third kappa shape index (κ3) is 1.03. The molecule has 0 aromatic carbocycles. The van der Waals surface area contributed by atoms with Gasteiger partial charge in [0.15, 0.2) is 0 Å². The van der Waals surface area contributed by atoms with Crippen LogP contribution in [-0.4, -0.2) is 19.6 Å². The van der Waals surface area contributed by atoms with Gasteiger partial charge in [-0.1, -0.05) is 0 Å². The maximum atomic E-state index is 3.38. The Kier molecular flexibility index (Phi) is 1.63. The van der Waals surface area contributed by atoms with E-state index in [0.717, 1.165) is 12.5 Å². The molecular weight excluding hydrogens is 124 g/mol. The second kappa shape index (κ2) is 2.62. The van der Waals surface area contributed by atoms with Crippen molar-refractivity contribution in [3.05, 3.63) is 11.8 Å². The van der Waals surface area contributed by atoms with Gasteiger partial charge in [-0.3, -0.25) is 0 Å². The summed E-state index contributed by atoms with van der Waals surface area (Å²) in [5.74, 6) is 0.891. The topological polar surface area (TPSA) is 24.1 Å². The normalized spacial score (nSPS) is 32.0. The average molecular weight is 138 g/mol. The van der Waals surface area contributed by atoms with Crippen LogP contribution in [-0.2, 0) is 0 Å². The van der Waals surface area contributed by atoms with Gasteiger partial charge in [-0.25, -0.2) is 0 Å². The first-order valence-corrected chi connectivity index (χ1v) is 4.10. The zero-order valence-electron chi connectivity index (χ0n) is 6.19. The third-order valence-corrected chi connectivity index (χ3v) is 2.45. The Hall–Kier alpha value is -0.500. The van der Waals surface area contributed by atoms with Gasteiger partial charge in [0.25, 0.3) is 0 Å². The highest BCUT2D eigenvalue weighted by atomic mass is 14.9. The van der Waals surface area contributed by atoms with E-state index in [1.807, 2.05) is 0 Å². The minimum Gasteiger partial charge on any atom is -0.391 e. The van der Waals surface area contributed by atoms with Crippen molar-refractivity contribution >= 4 is 0 Å². The van der Waals surface area contributed by atoms with Crippen molar-refractivity contribution in [2.75, 3.05) is 19.6 Å². The zero-order valence-corrected chi connectivity index (χ0v) is 6.19. The smallest absolute Gasteiger partial charge is 0.0184 e. The largest absolute Gasteiger partial charge is 0.391 e.